The fraction of sp³-hybridized carbons (Fsp3) is 0.467. The van der Waals surface area contributed by atoms with Crippen molar-refractivity contribution in [3.8, 4) is 5.69 Å². The fourth-order valence-electron chi connectivity index (χ4n) is 2.18. The lowest BCUT2D eigenvalue weighted by Gasteiger charge is -2.24. The van der Waals surface area contributed by atoms with E-state index in [1.165, 1.54) is 5.56 Å². The SMILES string of the molecule is CC(C)c1nnc(Cl)n1-c1ccccc1C(C)(C)C. The molecule has 0 radical (unpaired) electrons. The van der Waals surface area contributed by atoms with Gasteiger partial charge in [-0.05, 0) is 28.6 Å². The molecule has 0 unspecified atom stereocenters. The summed E-state index contributed by atoms with van der Waals surface area (Å²) < 4.78 is 1.95. The molecule has 1 aromatic heterocycles. The number of hydrogen-bond acceptors (Lipinski definition) is 2. The first kappa shape index (κ1) is 14.1. The molecule has 19 heavy (non-hydrogen) atoms. The molecular weight excluding hydrogens is 258 g/mol. The van der Waals surface area contributed by atoms with Crippen LogP contribution in [0.15, 0.2) is 24.3 Å². The second-order valence-corrected chi connectivity index (χ2v) is 6.42. The van der Waals surface area contributed by atoms with Crippen LogP contribution in [-0.4, -0.2) is 14.8 Å². The van der Waals surface area contributed by atoms with Crippen LogP contribution in [0.2, 0.25) is 5.28 Å². The summed E-state index contributed by atoms with van der Waals surface area (Å²) >= 11 is 6.23. The van der Waals surface area contributed by atoms with E-state index in [9.17, 15) is 0 Å². The van der Waals surface area contributed by atoms with Crippen molar-refractivity contribution in [2.24, 2.45) is 0 Å². The smallest absolute Gasteiger partial charge is 0.229 e. The van der Waals surface area contributed by atoms with Gasteiger partial charge in [0.05, 0.1) is 5.69 Å². The highest BCUT2D eigenvalue weighted by atomic mass is 35.5. The second-order valence-electron chi connectivity index (χ2n) is 6.08. The molecule has 102 valence electrons. The van der Waals surface area contributed by atoms with Crippen LogP contribution in [0.4, 0.5) is 0 Å². The first-order valence-electron chi connectivity index (χ1n) is 6.53. The number of nitrogens with zero attached hydrogens (tertiary/aromatic N) is 3. The number of halogens is 1. The molecular formula is C15H20ClN3. The minimum Gasteiger partial charge on any atom is -0.269 e. The molecule has 2 aromatic rings. The summed E-state index contributed by atoms with van der Waals surface area (Å²) in [5.74, 6) is 1.16. The Morgan fingerprint density at radius 1 is 1.11 bits per heavy atom. The summed E-state index contributed by atoms with van der Waals surface area (Å²) in [7, 11) is 0. The highest BCUT2D eigenvalue weighted by Crippen LogP contribution is 2.31. The monoisotopic (exact) mass is 277 g/mol. The maximum atomic E-state index is 6.23. The minimum absolute atomic E-state index is 0.0401. The third-order valence-electron chi connectivity index (χ3n) is 3.12. The van der Waals surface area contributed by atoms with Gasteiger partial charge in [0, 0.05) is 5.92 Å². The molecule has 0 saturated heterocycles. The molecule has 0 aliphatic rings. The summed E-state index contributed by atoms with van der Waals surface area (Å²) in [6, 6.07) is 8.28. The minimum atomic E-state index is 0.0401. The molecule has 0 amide bonds. The number of benzene rings is 1. The first-order chi connectivity index (χ1) is 8.82. The molecule has 3 nitrogen and oxygen atoms in total. The highest BCUT2D eigenvalue weighted by molar-refractivity contribution is 6.28. The van der Waals surface area contributed by atoms with Crippen molar-refractivity contribution in [3.05, 3.63) is 40.9 Å². The predicted molar refractivity (Wildman–Crippen MR) is 79.2 cm³/mol. The van der Waals surface area contributed by atoms with E-state index < -0.39 is 0 Å². The van der Waals surface area contributed by atoms with Crippen LogP contribution in [-0.2, 0) is 5.41 Å². The fourth-order valence-corrected chi connectivity index (χ4v) is 2.39. The van der Waals surface area contributed by atoms with Gasteiger partial charge in [0.15, 0.2) is 0 Å². The van der Waals surface area contributed by atoms with Crippen LogP contribution in [0.1, 0.15) is 51.9 Å². The van der Waals surface area contributed by atoms with Gasteiger partial charge in [0.1, 0.15) is 5.82 Å². The zero-order valence-corrected chi connectivity index (χ0v) is 12.9. The van der Waals surface area contributed by atoms with Gasteiger partial charge in [-0.25, -0.2) is 0 Å². The van der Waals surface area contributed by atoms with E-state index in [0.717, 1.165) is 11.5 Å². The topological polar surface area (TPSA) is 30.7 Å². The van der Waals surface area contributed by atoms with Crippen molar-refractivity contribution < 1.29 is 0 Å². The zero-order chi connectivity index (χ0) is 14.2. The summed E-state index contributed by atoms with van der Waals surface area (Å²) in [5.41, 5.74) is 2.34. The van der Waals surface area contributed by atoms with E-state index in [2.05, 4.69) is 63.0 Å². The largest absolute Gasteiger partial charge is 0.269 e. The molecule has 2 rings (SSSR count). The molecule has 0 saturated carbocycles. The Kier molecular flexibility index (Phi) is 3.68. The van der Waals surface area contributed by atoms with E-state index >= 15 is 0 Å². The average Bonchev–Trinajstić information content (AvgIpc) is 2.70. The van der Waals surface area contributed by atoms with Gasteiger partial charge in [-0.1, -0.05) is 52.8 Å². The van der Waals surface area contributed by atoms with Crippen molar-refractivity contribution in [3.63, 3.8) is 0 Å². The second kappa shape index (κ2) is 4.97. The maximum absolute atomic E-state index is 6.23. The van der Waals surface area contributed by atoms with E-state index in [0.29, 0.717) is 5.28 Å². The van der Waals surface area contributed by atoms with E-state index in [-0.39, 0.29) is 11.3 Å². The number of para-hydroxylation sites is 1. The van der Waals surface area contributed by atoms with E-state index in [1.807, 2.05) is 10.6 Å². The van der Waals surface area contributed by atoms with Crippen molar-refractivity contribution >= 4 is 11.6 Å². The lowest BCUT2D eigenvalue weighted by Crippen LogP contribution is -2.16. The number of aromatic nitrogens is 3. The van der Waals surface area contributed by atoms with E-state index in [4.69, 9.17) is 11.6 Å². The molecule has 0 fully saturated rings. The van der Waals surface area contributed by atoms with E-state index in [1.54, 1.807) is 0 Å². The maximum Gasteiger partial charge on any atom is 0.229 e. The molecule has 0 bridgehead atoms. The average molecular weight is 278 g/mol. The van der Waals surface area contributed by atoms with Crippen molar-refractivity contribution in [2.75, 3.05) is 0 Å². The summed E-state index contributed by atoms with van der Waals surface area (Å²) in [6.45, 7) is 10.8. The molecule has 0 atom stereocenters. The summed E-state index contributed by atoms with van der Waals surface area (Å²) in [4.78, 5) is 0. The van der Waals surface area contributed by atoms with Crippen LogP contribution in [0.25, 0.3) is 5.69 Å². The Bertz CT molecular complexity index is 579. The van der Waals surface area contributed by atoms with Gasteiger partial charge in [0.25, 0.3) is 0 Å². The van der Waals surface area contributed by atoms with Gasteiger partial charge in [-0.3, -0.25) is 4.57 Å². The Morgan fingerprint density at radius 2 is 1.74 bits per heavy atom. The number of hydrogen-bond donors (Lipinski definition) is 0. The predicted octanol–water partition coefficient (Wildman–Crippen LogP) is 4.34. The van der Waals surface area contributed by atoms with Gasteiger partial charge in [0.2, 0.25) is 5.28 Å². The Balaban J connectivity index is 2.70. The van der Waals surface area contributed by atoms with Gasteiger partial charge < -0.3 is 0 Å². The molecule has 0 N–H and O–H groups in total. The van der Waals surface area contributed by atoms with Crippen molar-refractivity contribution in [2.45, 2.75) is 46.0 Å². The van der Waals surface area contributed by atoms with Crippen LogP contribution >= 0.6 is 11.6 Å². The molecule has 1 heterocycles. The van der Waals surface area contributed by atoms with Crippen LogP contribution in [0, 0.1) is 0 Å². The van der Waals surface area contributed by atoms with Crippen molar-refractivity contribution in [1.29, 1.82) is 0 Å². The van der Waals surface area contributed by atoms with Gasteiger partial charge in [-0.15, -0.1) is 10.2 Å². The molecule has 1 aromatic carbocycles. The zero-order valence-electron chi connectivity index (χ0n) is 12.1. The normalized spacial score (nSPS) is 12.2. The first-order valence-corrected chi connectivity index (χ1v) is 6.91. The highest BCUT2D eigenvalue weighted by Gasteiger charge is 2.22. The lowest BCUT2D eigenvalue weighted by atomic mass is 9.85. The van der Waals surface area contributed by atoms with Crippen LogP contribution < -0.4 is 0 Å². The standard InChI is InChI=1S/C15H20ClN3/c1-10(2)13-17-18-14(16)19(13)12-9-7-6-8-11(12)15(3,4)5/h6-10H,1-5H3. The molecule has 4 heteroatoms. The quantitative estimate of drug-likeness (QED) is 0.817. The lowest BCUT2D eigenvalue weighted by molar-refractivity contribution is 0.584. The van der Waals surface area contributed by atoms with Gasteiger partial charge >= 0.3 is 0 Å². The summed E-state index contributed by atoms with van der Waals surface area (Å²) in [6.07, 6.45) is 0. The third-order valence-corrected chi connectivity index (χ3v) is 3.36. The van der Waals surface area contributed by atoms with Gasteiger partial charge in [-0.2, -0.15) is 0 Å². The molecule has 0 spiro atoms. The van der Waals surface area contributed by atoms with Crippen LogP contribution in [0.5, 0.6) is 0 Å². The number of rotatable bonds is 2. The molecule has 0 aliphatic carbocycles. The molecule has 0 aliphatic heterocycles. The Labute approximate surface area is 119 Å². The third kappa shape index (κ3) is 2.66. The van der Waals surface area contributed by atoms with Crippen molar-refractivity contribution in [1.82, 2.24) is 14.8 Å². The Morgan fingerprint density at radius 3 is 2.32 bits per heavy atom. The summed E-state index contributed by atoms with van der Waals surface area (Å²) in [5, 5.41) is 8.63. The van der Waals surface area contributed by atoms with Crippen LogP contribution in [0.3, 0.4) is 0 Å². The Hall–Kier alpha value is -1.35.